The number of nitrogens with one attached hydrogen (secondary N) is 1. The van der Waals surface area contributed by atoms with Gasteiger partial charge in [-0.2, -0.15) is 0 Å². The maximum Gasteiger partial charge on any atom is 0.104 e. The molecule has 2 heterocycles. The maximum absolute atomic E-state index is 6.09. The van der Waals surface area contributed by atoms with Crippen LogP contribution in [0.25, 0.3) is 0 Å². The smallest absolute Gasteiger partial charge is 0.104 e. The van der Waals surface area contributed by atoms with Crippen molar-refractivity contribution in [3.63, 3.8) is 0 Å². The van der Waals surface area contributed by atoms with E-state index in [1.165, 1.54) is 36.1 Å². The highest BCUT2D eigenvalue weighted by Crippen LogP contribution is 2.36. The molecule has 0 amide bonds. The lowest BCUT2D eigenvalue weighted by molar-refractivity contribution is -0.0311. The van der Waals surface area contributed by atoms with Crippen LogP contribution in [0, 0.1) is 6.92 Å². The Morgan fingerprint density at radius 2 is 2.25 bits per heavy atom. The van der Waals surface area contributed by atoms with E-state index < -0.39 is 0 Å². The third-order valence-corrected chi connectivity index (χ3v) is 5.09. The van der Waals surface area contributed by atoms with Crippen LogP contribution in [0.2, 0.25) is 0 Å². The second kappa shape index (κ2) is 4.13. The molecular formula is C13H19NOS. The summed E-state index contributed by atoms with van der Waals surface area (Å²) in [6.45, 7) is 4.06. The van der Waals surface area contributed by atoms with E-state index in [1.807, 2.05) is 11.3 Å². The summed E-state index contributed by atoms with van der Waals surface area (Å²) in [5.74, 6) is 0. The first kappa shape index (κ1) is 10.8. The molecule has 1 aromatic heterocycles. The summed E-state index contributed by atoms with van der Waals surface area (Å²) in [6.07, 6.45) is 5.59. The standard InChI is InChI=1S/C13H19NOS/c1-10-4-7-16-12(10)11-8-14-13(9-15-11)5-2-3-6-13/h4,7,11,14H,2-3,5-6,8-9H2,1H3. The molecule has 2 aliphatic rings. The van der Waals surface area contributed by atoms with Gasteiger partial charge in [-0.15, -0.1) is 11.3 Å². The lowest BCUT2D eigenvalue weighted by Crippen LogP contribution is -2.53. The number of morpholine rings is 1. The largest absolute Gasteiger partial charge is 0.369 e. The molecule has 0 aromatic carbocycles. The van der Waals surface area contributed by atoms with Gasteiger partial charge in [0.2, 0.25) is 0 Å². The lowest BCUT2D eigenvalue weighted by Gasteiger charge is -2.38. The topological polar surface area (TPSA) is 21.3 Å². The molecule has 1 atom stereocenters. The van der Waals surface area contributed by atoms with Crippen molar-refractivity contribution in [2.75, 3.05) is 13.2 Å². The summed E-state index contributed by atoms with van der Waals surface area (Å²) in [6, 6.07) is 2.18. The molecule has 1 aromatic rings. The molecule has 0 bridgehead atoms. The maximum atomic E-state index is 6.09. The van der Waals surface area contributed by atoms with Gasteiger partial charge in [0, 0.05) is 17.0 Å². The molecule has 2 nitrogen and oxygen atoms in total. The van der Waals surface area contributed by atoms with Gasteiger partial charge in [-0.05, 0) is 36.8 Å². The van der Waals surface area contributed by atoms with Crippen molar-refractivity contribution >= 4 is 11.3 Å². The van der Waals surface area contributed by atoms with Crippen molar-refractivity contribution in [2.24, 2.45) is 0 Å². The predicted octanol–water partition coefficient (Wildman–Crippen LogP) is 3.03. The van der Waals surface area contributed by atoms with Crippen LogP contribution in [-0.2, 0) is 4.74 Å². The molecule has 2 fully saturated rings. The van der Waals surface area contributed by atoms with Crippen molar-refractivity contribution in [2.45, 2.75) is 44.2 Å². The van der Waals surface area contributed by atoms with E-state index in [1.54, 1.807) is 0 Å². The normalized spacial score (nSPS) is 28.7. The third-order valence-electron chi connectivity index (χ3n) is 3.98. The molecular weight excluding hydrogens is 218 g/mol. The van der Waals surface area contributed by atoms with E-state index in [-0.39, 0.29) is 6.10 Å². The van der Waals surface area contributed by atoms with Gasteiger partial charge >= 0.3 is 0 Å². The van der Waals surface area contributed by atoms with Gasteiger partial charge in [-0.1, -0.05) is 12.8 Å². The van der Waals surface area contributed by atoms with E-state index in [0.717, 1.165) is 13.2 Å². The Morgan fingerprint density at radius 3 is 2.81 bits per heavy atom. The van der Waals surface area contributed by atoms with E-state index in [9.17, 15) is 0 Å². The predicted molar refractivity (Wildman–Crippen MR) is 67.0 cm³/mol. The molecule has 1 aliphatic carbocycles. The lowest BCUT2D eigenvalue weighted by atomic mass is 9.96. The van der Waals surface area contributed by atoms with Crippen molar-refractivity contribution in [1.29, 1.82) is 0 Å². The summed E-state index contributed by atoms with van der Waals surface area (Å²) in [4.78, 5) is 1.40. The van der Waals surface area contributed by atoms with Gasteiger partial charge < -0.3 is 10.1 Å². The minimum Gasteiger partial charge on any atom is -0.369 e. The van der Waals surface area contributed by atoms with Crippen molar-refractivity contribution in [3.8, 4) is 0 Å². The molecule has 1 unspecified atom stereocenters. The first-order valence-electron chi connectivity index (χ1n) is 6.20. The molecule has 1 aliphatic heterocycles. The zero-order chi connectivity index (χ0) is 11.0. The van der Waals surface area contributed by atoms with Crippen LogP contribution < -0.4 is 5.32 Å². The third kappa shape index (κ3) is 1.81. The fourth-order valence-corrected chi connectivity index (χ4v) is 3.91. The number of ether oxygens (including phenoxy) is 1. The van der Waals surface area contributed by atoms with Crippen LogP contribution in [0.1, 0.15) is 42.2 Å². The Morgan fingerprint density at radius 1 is 1.44 bits per heavy atom. The highest BCUT2D eigenvalue weighted by atomic mass is 32.1. The molecule has 1 spiro atoms. The van der Waals surface area contributed by atoms with Crippen molar-refractivity contribution < 1.29 is 4.74 Å². The molecule has 16 heavy (non-hydrogen) atoms. The number of thiophene rings is 1. The molecule has 1 N–H and O–H groups in total. The van der Waals surface area contributed by atoms with Crippen LogP contribution in [0.5, 0.6) is 0 Å². The Hall–Kier alpha value is -0.380. The molecule has 3 rings (SSSR count). The summed E-state index contributed by atoms with van der Waals surface area (Å²) >= 11 is 1.82. The quantitative estimate of drug-likeness (QED) is 0.810. The fourth-order valence-electron chi connectivity index (χ4n) is 2.93. The Balaban J connectivity index is 1.68. The van der Waals surface area contributed by atoms with Gasteiger partial charge in [-0.25, -0.2) is 0 Å². The monoisotopic (exact) mass is 237 g/mol. The zero-order valence-electron chi connectivity index (χ0n) is 9.79. The van der Waals surface area contributed by atoms with Gasteiger partial charge in [0.25, 0.3) is 0 Å². The summed E-state index contributed by atoms with van der Waals surface area (Å²) in [7, 11) is 0. The zero-order valence-corrected chi connectivity index (χ0v) is 10.6. The van der Waals surface area contributed by atoms with E-state index in [0.29, 0.717) is 5.54 Å². The number of hydrogen-bond acceptors (Lipinski definition) is 3. The van der Waals surface area contributed by atoms with Crippen molar-refractivity contribution in [3.05, 3.63) is 21.9 Å². The highest BCUT2D eigenvalue weighted by molar-refractivity contribution is 7.10. The fraction of sp³-hybridized carbons (Fsp3) is 0.692. The Kier molecular flexibility index (Phi) is 2.78. The molecule has 3 heteroatoms. The van der Waals surface area contributed by atoms with Crippen LogP contribution >= 0.6 is 11.3 Å². The first-order chi connectivity index (χ1) is 7.79. The molecule has 88 valence electrons. The molecule has 1 saturated heterocycles. The van der Waals surface area contributed by atoms with Gasteiger partial charge in [0.1, 0.15) is 6.10 Å². The number of rotatable bonds is 1. The average Bonchev–Trinajstić information content (AvgIpc) is 2.90. The Labute approximate surface area is 101 Å². The van der Waals surface area contributed by atoms with Gasteiger partial charge in [0.05, 0.1) is 6.61 Å². The SMILES string of the molecule is Cc1ccsc1C1CNC2(CCCC2)CO1. The summed E-state index contributed by atoms with van der Waals surface area (Å²) in [5.41, 5.74) is 1.70. The van der Waals surface area contributed by atoms with E-state index >= 15 is 0 Å². The molecule has 1 saturated carbocycles. The minimum absolute atomic E-state index is 0.284. The van der Waals surface area contributed by atoms with Gasteiger partial charge in [-0.3, -0.25) is 0 Å². The number of hydrogen-bond donors (Lipinski definition) is 1. The van der Waals surface area contributed by atoms with Crippen LogP contribution in [0.4, 0.5) is 0 Å². The molecule has 0 radical (unpaired) electrons. The second-order valence-corrected chi connectivity index (χ2v) is 6.08. The van der Waals surface area contributed by atoms with Crippen LogP contribution in [0.15, 0.2) is 11.4 Å². The summed E-state index contributed by atoms with van der Waals surface area (Å²) in [5, 5.41) is 5.90. The first-order valence-corrected chi connectivity index (χ1v) is 7.08. The average molecular weight is 237 g/mol. The Bertz CT molecular complexity index is 358. The second-order valence-electron chi connectivity index (χ2n) is 5.14. The van der Waals surface area contributed by atoms with E-state index in [2.05, 4.69) is 23.7 Å². The van der Waals surface area contributed by atoms with E-state index in [4.69, 9.17) is 4.74 Å². The summed E-state index contributed by atoms with van der Waals surface area (Å²) < 4.78 is 6.09. The number of aryl methyl sites for hydroxylation is 1. The minimum atomic E-state index is 0.284. The van der Waals surface area contributed by atoms with Crippen LogP contribution in [0.3, 0.4) is 0 Å². The van der Waals surface area contributed by atoms with Crippen molar-refractivity contribution in [1.82, 2.24) is 5.32 Å². The van der Waals surface area contributed by atoms with Crippen LogP contribution in [-0.4, -0.2) is 18.7 Å². The highest BCUT2D eigenvalue weighted by Gasteiger charge is 2.38. The van der Waals surface area contributed by atoms with Gasteiger partial charge in [0.15, 0.2) is 0 Å².